The Kier molecular flexibility index (Phi) is 3.67. The second-order valence-corrected chi connectivity index (χ2v) is 8.78. The molecule has 0 amide bonds. The third-order valence-corrected chi connectivity index (χ3v) is 7.48. The number of aryl methyl sites for hydroxylation is 2. The van der Waals surface area contributed by atoms with Gasteiger partial charge in [0, 0.05) is 23.1 Å². The van der Waals surface area contributed by atoms with Crippen LogP contribution in [0.2, 0.25) is 0 Å². The smallest absolute Gasteiger partial charge is 0.216 e. The van der Waals surface area contributed by atoms with E-state index in [9.17, 15) is 0 Å². The zero-order valence-corrected chi connectivity index (χ0v) is 16.2. The summed E-state index contributed by atoms with van der Waals surface area (Å²) in [7, 11) is 2.14. The zero-order valence-electron chi connectivity index (χ0n) is 16.2. The zero-order chi connectivity index (χ0) is 17.8. The molecule has 136 valence electrons. The first-order valence-corrected chi connectivity index (χ1v) is 10.5. The van der Waals surface area contributed by atoms with E-state index in [0.29, 0.717) is 0 Å². The van der Waals surface area contributed by atoms with E-state index in [0.717, 1.165) is 0 Å². The van der Waals surface area contributed by atoms with Crippen molar-refractivity contribution in [1.82, 2.24) is 0 Å². The number of ether oxygens (including phenoxy) is 1. The molecule has 26 heavy (non-hydrogen) atoms. The van der Waals surface area contributed by atoms with Crippen LogP contribution in [0.25, 0.3) is 11.3 Å². The van der Waals surface area contributed by atoms with E-state index in [4.69, 9.17) is 4.74 Å². The van der Waals surface area contributed by atoms with Crippen LogP contribution < -0.4 is 9.30 Å². The number of rotatable bonds is 1. The minimum Gasteiger partial charge on any atom is -0.485 e. The monoisotopic (exact) mass is 348 g/mol. The number of aromatic nitrogens is 1. The highest BCUT2D eigenvalue weighted by Gasteiger charge is 2.61. The Hall–Kier alpha value is -1.83. The van der Waals surface area contributed by atoms with Crippen molar-refractivity contribution in [3.8, 4) is 17.0 Å². The van der Waals surface area contributed by atoms with E-state index < -0.39 is 0 Å². The molecule has 2 aliphatic carbocycles. The van der Waals surface area contributed by atoms with E-state index in [1.807, 2.05) is 0 Å². The van der Waals surface area contributed by atoms with Crippen LogP contribution in [0.3, 0.4) is 0 Å². The molecule has 2 heterocycles. The van der Waals surface area contributed by atoms with Gasteiger partial charge in [-0.25, -0.2) is 4.57 Å². The van der Waals surface area contributed by atoms with Crippen LogP contribution in [-0.4, -0.2) is 5.60 Å². The number of nitrogens with zero attached hydrogens (tertiary/aromatic N) is 1. The summed E-state index contributed by atoms with van der Waals surface area (Å²) in [6.45, 7) is 2.24. The highest BCUT2D eigenvalue weighted by Crippen LogP contribution is 2.63. The fraction of sp³-hybridized carbons (Fsp3) is 0.542. The van der Waals surface area contributed by atoms with Crippen molar-refractivity contribution >= 4 is 0 Å². The quantitative estimate of drug-likeness (QED) is 0.629. The van der Waals surface area contributed by atoms with Gasteiger partial charge in [0.1, 0.15) is 18.4 Å². The van der Waals surface area contributed by atoms with Crippen molar-refractivity contribution in [2.45, 2.75) is 75.7 Å². The lowest BCUT2D eigenvalue weighted by Gasteiger charge is -2.45. The van der Waals surface area contributed by atoms with Crippen molar-refractivity contribution in [2.24, 2.45) is 7.05 Å². The van der Waals surface area contributed by atoms with Crippen molar-refractivity contribution in [3.05, 3.63) is 47.7 Å². The van der Waals surface area contributed by atoms with Crippen LogP contribution in [0.15, 0.2) is 36.5 Å². The molecule has 0 radical (unpaired) electrons. The molecule has 0 N–H and O–H groups in total. The van der Waals surface area contributed by atoms with Gasteiger partial charge in [-0.15, -0.1) is 0 Å². The average molecular weight is 349 g/mol. The predicted octanol–water partition coefficient (Wildman–Crippen LogP) is 5.39. The Labute approximate surface area is 157 Å². The molecular formula is C24H30NO+. The highest BCUT2D eigenvalue weighted by molar-refractivity contribution is 5.74. The molecule has 2 saturated carbocycles. The fourth-order valence-corrected chi connectivity index (χ4v) is 6.21. The summed E-state index contributed by atoms with van der Waals surface area (Å²) in [5, 5.41) is 0. The summed E-state index contributed by atoms with van der Waals surface area (Å²) in [6.07, 6.45) is 14.0. The van der Waals surface area contributed by atoms with Crippen molar-refractivity contribution in [3.63, 3.8) is 0 Å². The van der Waals surface area contributed by atoms with Crippen LogP contribution >= 0.6 is 0 Å². The maximum atomic E-state index is 7.08. The first-order valence-electron chi connectivity index (χ1n) is 10.5. The van der Waals surface area contributed by atoms with Crippen LogP contribution in [0.5, 0.6) is 5.75 Å². The molecule has 0 atom stereocenters. The number of hydrogen-bond acceptors (Lipinski definition) is 1. The van der Waals surface area contributed by atoms with Gasteiger partial charge in [-0.05, 0) is 57.1 Å². The molecule has 1 aromatic heterocycles. The molecule has 0 unspecified atom stereocenters. The molecule has 2 aromatic rings. The maximum Gasteiger partial charge on any atom is 0.216 e. The Morgan fingerprint density at radius 1 is 0.885 bits per heavy atom. The van der Waals surface area contributed by atoms with Gasteiger partial charge < -0.3 is 4.74 Å². The summed E-state index contributed by atoms with van der Waals surface area (Å²) >= 11 is 0. The third-order valence-electron chi connectivity index (χ3n) is 7.48. The normalized spacial score (nSPS) is 22.5. The van der Waals surface area contributed by atoms with Crippen LogP contribution in [0, 0.1) is 6.92 Å². The Morgan fingerprint density at radius 2 is 1.62 bits per heavy atom. The number of fused-ring (bicyclic) bond motifs is 3. The van der Waals surface area contributed by atoms with Gasteiger partial charge in [-0.2, -0.15) is 0 Å². The van der Waals surface area contributed by atoms with Crippen molar-refractivity contribution in [2.75, 3.05) is 0 Å². The second kappa shape index (κ2) is 5.84. The molecule has 0 saturated heterocycles. The van der Waals surface area contributed by atoms with Gasteiger partial charge in [-0.1, -0.05) is 31.4 Å². The van der Waals surface area contributed by atoms with E-state index in [1.54, 1.807) is 0 Å². The molecule has 0 bridgehead atoms. The number of pyridine rings is 1. The van der Waals surface area contributed by atoms with E-state index in [2.05, 4.69) is 55.1 Å². The molecule has 1 aromatic carbocycles. The second-order valence-electron chi connectivity index (χ2n) is 8.78. The lowest BCUT2D eigenvalue weighted by molar-refractivity contribution is -0.660. The summed E-state index contributed by atoms with van der Waals surface area (Å²) in [4.78, 5) is 0. The van der Waals surface area contributed by atoms with Gasteiger partial charge in [-0.3, -0.25) is 0 Å². The molecule has 3 aliphatic rings. The van der Waals surface area contributed by atoms with Crippen molar-refractivity contribution in [1.29, 1.82) is 0 Å². The lowest BCUT2D eigenvalue weighted by atomic mass is 9.62. The van der Waals surface area contributed by atoms with Crippen molar-refractivity contribution < 1.29 is 9.30 Å². The average Bonchev–Trinajstić information content (AvgIpc) is 3.23. The molecular weight excluding hydrogens is 318 g/mol. The van der Waals surface area contributed by atoms with Gasteiger partial charge in [0.2, 0.25) is 5.69 Å². The molecule has 2 heteroatoms. The fourth-order valence-electron chi connectivity index (χ4n) is 6.21. The predicted molar refractivity (Wildman–Crippen MR) is 104 cm³/mol. The summed E-state index contributed by atoms with van der Waals surface area (Å²) in [6, 6.07) is 11.2. The molecule has 2 nitrogen and oxygen atoms in total. The first kappa shape index (κ1) is 16.4. The lowest BCUT2D eigenvalue weighted by Crippen LogP contribution is -2.51. The number of hydrogen-bond donors (Lipinski definition) is 0. The third kappa shape index (κ3) is 2.08. The van der Waals surface area contributed by atoms with Gasteiger partial charge in [0.05, 0.1) is 5.56 Å². The largest absolute Gasteiger partial charge is 0.485 e. The minimum atomic E-state index is 0.0555. The summed E-state index contributed by atoms with van der Waals surface area (Å²) in [5.41, 5.74) is 5.74. The Morgan fingerprint density at radius 3 is 2.35 bits per heavy atom. The SMILES string of the molecule is Cc1ccc2c(c1-c1cccc[n+]1C)OC1(CCCCC1)C21CCCC1. The van der Waals surface area contributed by atoms with Gasteiger partial charge >= 0.3 is 0 Å². The standard InChI is InChI=1S/C24H30NO/c1-18-11-12-19-22(21(18)20-10-4-9-17-25(20)2)26-24(15-5-3-6-16-24)23(19)13-7-8-14-23/h4,9-12,17H,3,5-8,13-16H2,1-2H3/q+1. The van der Waals surface area contributed by atoms with Gasteiger partial charge in [0.15, 0.2) is 6.20 Å². The molecule has 5 rings (SSSR count). The van der Waals surface area contributed by atoms with Gasteiger partial charge in [0.25, 0.3) is 0 Å². The molecule has 2 spiro atoms. The Balaban J connectivity index is 1.75. The van der Waals surface area contributed by atoms with E-state index in [-0.39, 0.29) is 11.0 Å². The van der Waals surface area contributed by atoms with Crippen LogP contribution in [0.1, 0.15) is 68.9 Å². The Bertz CT molecular complexity index is 841. The van der Waals surface area contributed by atoms with E-state index in [1.165, 1.54) is 85.9 Å². The number of benzene rings is 1. The topological polar surface area (TPSA) is 13.1 Å². The first-order chi connectivity index (χ1) is 12.7. The summed E-state index contributed by atoms with van der Waals surface area (Å²) < 4.78 is 9.32. The molecule has 1 aliphatic heterocycles. The maximum absolute atomic E-state index is 7.08. The van der Waals surface area contributed by atoms with Crippen LogP contribution in [-0.2, 0) is 12.5 Å². The molecule has 2 fully saturated rings. The summed E-state index contributed by atoms with van der Waals surface area (Å²) in [5.74, 6) is 1.20. The van der Waals surface area contributed by atoms with E-state index >= 15 is 0 Å². The minimum absolute atomic E-state index is 0.0555. The highest BCUT2D eigenvalue weighted by atomic mass is 16.5. The van der Waals surface area contributed by atoms with Crippen LogP contribution in [0.4, 0.5) is 0 Å².